The highest BCUT2D eigenvalue weighted by atomic mass is 16.5. The van der Waals surface area contributed by atoms with E-state index in [9.17, 15) is 0 Å². The molecule has 2 saturated heterocycles. The summed E-state index contributed by atoms with van der Waals surface area (Å²) in [6, 6.07) is 0.317. The van der Waals surface area contributed by atoms with Gasteiger partial charge in [-0.05, 0) is 19.8 Å². The summed E-state index contributed by atoms with van der Waals surface area (Å²) in [5.41, 5.74) is 6.36. The number of ether oxygens (including phenoxy) is 1. The molecular formula is C10H20N2O. The van der Waals surface area contributed by atoms with Gasteiger partial charge in [-0.2, -0.15) is 0 Å². The molecule has 3 heteroatoms. The molecule has 1 unspecified atom stereocenters. The van der Waals surface area contributed by atoms with Crippen LogP contribution in [0.4, 0.5) is 0 Å². The zero-order valence-electron chi connectivity index (χ0n) is 8.46. The Labute approximate surface area is 80.2 Å². The van der Waals surface area contributed by atoms with E-state index in [1.807, 2.05) is 0 Å². The van der Waals surface area contributed by atoms with Crippen LogP contribution in [0.15, 0.2) is 0 Å². The van der Waals surface area contributed by atoms with E-state index in [0.29, 0.717) is 11.5 Å². The van der Waals surface area contributed by atoms with Crippen molar-refractivity contribution in [2.24, 2.45) is 11.1 Å². The molecular weight excluding hydrogens is 164 g/mol. The van der Waals surface area contributed by atoms with Gasteiger partial charge in [-0.3, -0.25) is 0 Å². The maximum atomic E-state index is 5.75. The maximum absolute atomic E-state index is 5.75. The highest BCUT2D eigenvalue weighted by Gasteiger charge is 2.43. The predicted octanol–water partition coefficient (Wildman–Crippen LogP) is 0.446. The van der Waals surface area contributed by atoms with Gasteiger partial charge in [-0.25, -0.2) is 0 Å². The number of nitrogens with zero attached hydrogens (tertiary/aromatic N) is 1. The lowest BCUT2D eigenvalue weighted by atomic mass is 9.73. The Morgan fingerprint density at radius 1 is 1.38 bits per heavy atom. The molecule has 0 aromatic rings. The molecule has 2 N–H and O–H groups in total. The predicted molar refractivity (Wildman–Crippen MR) is 52.6 cm³/mol. The van der Waals surface area contributed by atoms with Crippen molar-refractivity contribution in [3.8, 4) is 0 Å². The van der Waals surface area contributed by atoms with Crippen LogP contribution in [0, 0.1) is 5.41 Å². The third kappa shape index (κ3) is 2.03. The lowest BCUT2D eigenvalue weighted by Crippen LogP contribution is -2.60. The average molecular weight is 184 g/mol. The van der Waals surface area contributed by atoms with Crippen LogP contribution in [0.2, 0.25) is 0 Å². The van der Waals surface area contributed by atoms with Gasteiger partial charge < -0.3 is 15.4 Å². The van der Waals surface area contributed by atoms with E-state index in [2.05, 4.69) is 11.8 Å². The van der Waals surface area contributed by atoms with Gasteiger partial charge in [0.1, 0.15) is 0 Å². The zero-order chi connectivity index (χ0) is 9.31. The summed E-state index contributed by atoms with van der Waals surface area (Å²) in [4.78, 5) is 2.47. The summed E-state index contributed by atoms with van der Waals surface area (Å²) in [5, 5.41) is 0. The molecule has 0 aliphatic carbocycles. The number of rotatable bonds is 2. The fraction of sp³-hybridized carbons (Fsp3) is 1.00. The quantitative estimate of drug-likeness (QED) is 0.677. The highest BCUT2D eigenvalue weighted by molar-refractivity contribution is 4.96. The van der Waals surface area contributed by atoms with E-state index in [4.69, 9.17) is 10.5 Å². The van der Waals surface area contributed by atoms with Crippen molar-refractivity contribution in [3.63, 3.8) is 0 Å². The molecule has 3 nitrogen and oxygen atoms in total. The molecule has 0 aromatic carbocycles. The normalized spacial score (nSPS) is 30.0. The van der Waals surface area contributed by atoms with Gasteiger partial charge >= 0.3 is 0 Å². The van der Waals surface area contributed by atoms with Crippen molar-refractivity contribution in [3.05, 3.63) is 0 Å². The van der Waals surface area contributed by atoms with Crippen molar-refractivity contribution < 1.29 is 4.74 Å². The summed E-state index contributed by atoms with van der Waals surface area (Å²) in [7, 11) is 0. The number of hydrogen-bond donors (Lipinski definition) is 1. The Bertz CT molecular complexity index is 168. The van der Waals surface area contributed by atoms with Crippen LogP contribution in [0.5, 0.6) is 0 Å². The van der Waals surface area contributed by atoms with Gasteiger partial charge in [0.2, 0.25) is 0 Å². The largest absolute Gasteiger partial charge is 0.381 e. The molecule has 76 valence electrons. The number of nitrogens with two attached hydrogens (primary N) is 1. The minimum Gasteiger partial charge on any atom is -0.381 e. The first-order valence-corrected chi connectivity index (χ1v) is 5.26. The Morgan fingerprint density at radius 3 is 2.54 bits per heavy atom. The fourth-order valence-corrected chi connectivity index (χ4v) is 2.56. The van der Waals surface area contributed by atoms with Crippen molar-refractivity contribution >= 4 is 0 Å². The zero-order valence-corrected chi connectivity index (χ0v) is 8.46. The summed E-state index contributed by atoms with van der Waals surface area (Å²) in [6.07, 6.45) is 2.50. The van der Waals surface area contributed by atoms with Gasteiger partial charge in [0.25, 0.3) is 0 Å². The second-order valence-electron chi connectivity index (χ2n) is 4.76. The molecule has 1 spiro atoms. The molecule has 0 saturated carbocycles. The average Bonchev–Trinajstić information content (AvgIpc) is 2.02. The number of hydrogen-bond acceptors (Lipinski definition) is 3. The second kappa shape index (κ2) is 3.56. The summed E-state index contributed by atoms with van der Waals surface area (Å²) in [5.74, 6) is 0. The van der Waals surface area contributed by atoms with Crippen LogP contribution in [0.3, 0.4) is 0 Å². The van der Waals surface area contributed by atoms with Gasteiger partial charge in [-0.1, -0.05) is 0 Å². The third-order valence-electron chi connectivity index (χ3n) is 3.22. The molecule has 2 rings (SSSR count). The first-order chi connectivity index (χ1) is 6.20. The van der Waals surface area contributed by atoms with Crippen molar-refractivity contribution in [2.75, 3.05) is 32.8 Å². The topological polar surface area (TPSA) is 38.5 Å². The van der Waals surface area contributed by atoms with Crippen LogP contribution >= 0.6 is 0 Å². The van der Waals surface area contributed by atoms with E-state index >= 15 is 0 Å². The van der Waals surface area contributed by atoms with Gasteiger partial charge in [0, 0.05) is 44.3 Å². The molecule has 0 radical (unpaired) electrons. The standard InChI is InChI=1S/C10H20N2O/c1-9(11)6-12-7-10(8-12)2-4-13-5-3-10/h9H,2-8,11H2,1H3. The Morgan fingerprint density at radius 2 is 2.00 bits per heavy atom. The molecule has 2 aliphatic rings. The molecule has 0 aromatic heterocycles. The highest BCUT2D eigenvalue weighted by Crippen LogP contribution is 2.39. The van der Waals surface area contributed by atoms with E-state index in [1.54, 1.807) is 0 Å². The van der Waals surface area contributed by atoms with E-state index in [0.717, 1.165) is 19.8 Å². The van der Waals surface area contributed by atoms with Crippen LogP contribution in [-0.4, -0.2) is 43.8 Å². The first kappa shape index (κ1) is 9.44. The summed E-state index contributed by atoms with van der Waals surface area (Å²) < 4.78 is 5.37. The summed E-state index contributed by atoms with van der Waals surface area (Å²) in [6.45, 7) is 7.56. The van der Waals surface area contributed by atoms with Gasteiger partial charge in [0.05, 0.1) is 0 Å². The molecule has 2 aliphatic heterocycles. The molecule has 1 atom stereocenters. The van der Waals surface area contributed by atoms with E-state index in [1.165, 1.54) is 25.9 Å². The lowest BCUT2D eigenvalue weighted by molar-refractivity contribution is -0.0813. The Balaban J connectivity index is 1.75. The molecule has 13 heavy (non-hydrogen) atoms. The molecule has 0 amide bonds. The van der Waals surface area contributed by atoms with Gasteiger partial charge in [-0.15, -0.1) is 0 Å². The minimum atomic E-state index is 0.317. The van der Waals surface area contributed by atoms with Crippen molar-refractivity contribution in [1.82, 2.24) is 4.90 Å². The third-order valence-corrected chi connectivity index (χ3v) is 3.22. The molecule has 0 bridgehead atoms. The minimum absolute atomic E-state index is 0.317. The monoisotopic (exact) mass is 184 g/mol. The Kier molecular flexibility index (Phi) is 2.58. The first-order valence-electron chi connectivity index (χ1n) is 5.26. The maximum Gasteiger partial charge on any atom is 0.0472 e. The van der Waals surface area contributed by atoms with Crippen molar-refractivity contribution in [2.45, 2.75) is 25.8 Å². The van der Waals surface area contributed by atoms with Crippen LogP contribution in [-0.2, 0) is 4.74 Å². The van der Waals surface area contributed by atoms with E-state index < -0.39 is 0 Å². The second-order valence-corrected chi connectivity index (χ2v) is 4.76. The van der Waals surface area contributed by atoms with Crippen LogP contribution < -0.4 is 5.73 Å². The van der Waals surface area contributed by atoms with E-state index in [-0.39, 0.29) is 0 Å². The van der Waals surface area contributed by atoms with Gasteiger partial charge in [0.15, 0.2) is 0 Å². The number of likely N-dealkylation sites (tertiary alicyclic amines) is 1. The Hall–Kier alpha value is -0.120. The SMILES string of the molecule is CC(N)CN1CC2(CCOCC2)C1. The molecule has 2 heterocycles. The smallest absolute Gasteiger partial charge is 0.0472 e. The van der Waals surface area contributed by atoms with Crippen LogP contribution in [0.1, 0.15) is 19.8 Å². The fourth-order valence-electron chi connectivity index (χ4n) is 2.56. The van der Waals surface area contributed by atoms with Crippen LogP contribution in [0.25, 0.3) is 0 Å². The van der Waals surface area contributed by atoms with Crippen molar-refractivity contribution in [1.29, 1.82) is 0 Å². The molecule has 2 fully saturated rings. The lowest BCUT2D eigenvalue weighted by Gasteiger charge is -2.52. The summed E-state index contributed by atoms with van der Waals surface area (Å²) >= 11 is 0.